The summed E-state index contributed by atoms with van der Waals surface area (Å²) in [6.07, 6.45) is -16.3. The lowest BCUT2D eigenvalue weighted by atomic mass is 9.76. The highest BCUT2D eigenvalue weighted by Crippen LogP contribution is 2.35. The average Bonchev–Trinajstić information content (AvgIpc) is 0.801. The van der Waals surface area contributed by atoms with Crippen LogP contribution in [0.5, 0.6) is 0 Å². The molecule has 0 spiro atoms. The highest BCUT2D eigenvalue weighted by atomic mass is 32.2. The van der Waals surface area contributed by atoms with E-state index < -0.39 is 350 Å². The van der Waals surface area contributed by atoms with Crippen LogP contribution < -0.4 is 43.0 Å². The van der Waals surface area contributed by atoms with E-state index >= 15 is 0 Å². The van der Waals surface area contributed by atoms with Crippen LogP contribution in [0.3, 0.4) is 0 Å². The topological polar surface area (TPSA) is 714 Å². The second kappa shape index (κ2) is 55.9. The summed E-state index contributed by atoms with van der Waals surface area (Å²) in [7, 11) is 0. The van der Waals surface area contributed by atoms with Crippen LogP contribution in [0.25, 0.3) is 0 Å². The third kappa shape index (κ3) is 41.3. The molecule has 14 atom stereocenters. The number of hydrogen-bond acceptors (Lipinski definition) is 27. The first-order valence-corrected chi connectivity index (χ1v) is 44.2. The van der Waals surface area contributed by atoms with Crippen LogP contribution >= 0.6 is 11.8 Å². The van der Waals surface area contributed by atoms with Gasteiger partial charge in [0.25, 0.3) is 0 Å². The van der Waals surface area contributed by atoms with Crippen molar-refractivity contribution in [1.82, 2.24) is 42.1 Å². The normalized spacial score (nSPS) is 16.7. The molecule has 18 N–H and O–H groups in total. The number of thioether (sulfide) groups is 1. The number of rotatable bonds is 66. The van der Waals surface area contributed by atoms with Crippen molar-refractivity contribution in [2.24, 2.45) is 40.7 Å². The minimum atomic E-state index is -2.03. The number of carbonyl (C=O) groups is 24. The van der Waals surface area contributed by atoms with Gasteiger partial charge in [-0.05, 0) is 125 Å². The lowest BCUT2D eigenvalue weighted by Crippen LogP contribution is -2.52. The molecule has 1 aromatic rings. The van der Waals surface area contributed by atoms with Gasteiger partial charge in [-0.3, -0.25) is 115 Å². The van der Waals surface area contributed by atoms with Gasteiger partial charge >= 0.3 is 53.7 Å². The monoisotopic (exact) mass is 1860 g/mol. The maximum atomic E-state index is 14.8. The summed E-state index contributed by atoms with van der Waals surface area (Å²) in [6.45, 7) is 10.2. The standard InChI is InChI=1S/C86H123N9O34S/c1-44(2)35-59(62(97)21-22-68(102)94-67(43-130-7)86(4,5)6)92-85(128)61-9-8-33-95(61)69(103)42-129-34-32-52-53-36-46(45(3)96)10-11-47(53)37-60(79(52)122)93-83(126)51(15-26-73(110)111)41-65(100)57(19-30-77(118)119)90-81(124)49(13-24-71(106)107)39-63(98)55(17-28-75(114)115)88-80(123)48(12-23-70(104)105)38-64(99)56(18-29-76(116)117)89-82(125)50(14-25-72(108)109)40-66(101)58(20-31-78(120)121)91-84(127)54(87)16-27-74(112)113/h10-11,36,44,48-52,54-61,67H,8-9,12-35,37-43,87H2,1-7H3,(H,88,123)(H,89,125)(H,90,124)(H,91,127)(H,92,128)(H,93,126)(H,94,102)(H,104,105)(H,106,107)(H,108,109)(H,110,111)(H,112,113)(H,114,115)(H,116,117)(H,118,119)(H,120,121)/t48-,49-,50-,51-,52?,54+,55+,56+,57+,58+,59-,60-,61-,67-/m0/s1. The Morgan fingerprint density at radius 2 is 0.869 bits per heavy atom. The number of nitrogens with two attached hydrogens (primary N) is 1. The number of carboxylic acid groups (broad SMARTS) is 9. The minimum Gasteiger partial charge on any atom is -0.481 e. The van der Waals surface area contributed by atoms with Gasteiger partial charge in [0, 0.05) is 163 Å². The number of hydrogen-bond donors (Lipinski definition) is 17. The number of ether oxygens (including phenoxy) is 1. The summed E-state index contributed by atoms with van der Waals surface area (Å²) in [6, 6.07) is -8.37. The minimum absolute atomic E-state index is 0.0582. The highest BCUT2D eigenvalue weighted by molar-refractivity contribution is 7.98. The van der Waals surface area contributed by atoms with E-state index in [1.807, 2.05) is 40.9 Å². The van der Waals surface area contributed by atoms with Crippen molar-refractivity contribution in [3.05, 3.63) is 34.9 Å². The molecule has 0 radical (unpaired) electrons. The number of Topliss-reactive ketones (excluding diaryl/α,β-unsaturated/α-hetero) is 7. The summed E-state index contributed by atoms with van der Waals surface area (Å²) in [5.74, 6) is -35.5. The zero-order valence-electron chi connectivity index (χ0n) is 73.9. The van der Waals surface area contributed by atoms with Gasteiger partial charge in [-0.2, -0.15) is 11.8 Å². The molecule has 0 aromatic heterocycles. The molecule has 1 aliphatic carbocycles. The van der Waals surface area contributed by atoms with Crippen LogP contribution in [0.4, 0.5) is 0 Å². The first-order chi connectivity index (χ1) is 60.8. The van der Waals surface area contributed by atoms with Gasteiger partial charge in [0.05, 0.1) is 42.3 Å². The van der Waals surface area contributed by atoms with Crippen LogP contribution in [-0.2, 0) is 121 Å². The Morgan fingerprint density at radius 1 is 0.485 bits per heavy atom. The van der Waals surface area contributed by atoms with Crippen molar-refractivity contribution in [2.75, 3.05) is 31.8 Å². The van der Waals surface area contributed by atoms with Crippen LogP contribution in [0.15, 0.2) is 18.2 Å². The fourth-order valence-corrected chi connectivity index (χ4v) is 15.7. The Balaban J connectivity index is 1.95. The Kier molecular flexibility index (Phi) is 48.3. The summed E-state index contributed by atoms with van der Waals surface area (Å²) >= 11 is 1.57. The van der Waals surface area contributed by atoms with Gasteiger partial charge in [0.2, 0.25) is 47.3 Å². The van der Waals surface area contributed by atoms with E-state index in [1.54, 1.807) is 11.8 Å². The van der Waals surface area contributed by atoms with Crippen molar-refractivity contribution in [1.29, 1.82) is 0 Å². The molecular formula is C86H123N9O34S. The average molecular weight is 1860 g/mol. The van der Waals surface area contributed by atoms with Crippen LogP contribution in [0, 0.1) is 35.0 Å². The molecule has 1 unspecified atom stereocenters. The van der Waals surface area contributed by atoms with Crippen molar-refractivity contribution in [3.63, 3.8) is 0 Å². The van der Waals surface area contributed by atoms with E-state index in [0.717, 1.165) is 0 Å². The predicted molar refractivity (Wildman–Crippen MR) is 455 cm³/mol. The molecule has 2 aliphatic rings. The summed E-state index contributed by atoms with van der Waals surface area (Å²) < 4.78 is 5.86. The summed E-state index contributed by atoms with van der Waals surface area (Å²) in [5, 5.41) is 104. The molecule has 1 saturated heterocycles. The van der Waals surface area contributed by atoms with Gasteiger partial charge in [-0.25, -0.2) is 0 Å². The highest BCUT2D eigenvalue weighted by Gasteiger charge is 2.43. The van der Waals surface area contributed by atoms with Crippen molar-refractivity contribution < 1.29 is 166 Å². The van der Waals surface area contributed by atoms with Crippen LogP contribution in [0.1, 0.15) is 249 Å². The van der Waals surface area contributed by atoms with Crippen molar-refractivity contribution in [2.45, 2.75) is 288 Å². The first-order valence-electron chi connectivity index (χ1n) is 42.8. The molecule has 44 heteroatoms. The maximum absolute atomic E-state index is 14.8. The zero-order chi connectivity index (χ0) is 98.1. The number of nitrogens with zero attached hydrogens (tertiary/aromatic N) is 1. The van der Waals surface area contributed by atoms with Gasteiger partial charge in [-0.15, -0.1) is 0 Å². The second-order valence-corrected chi connectivity index (χ2v) is 35.0. The summed E-state index contributed by atoms with van der Waals surface area (Å²) in [4.78, 5) is 319. The predicted octanol–water partition coefficient (Wildman–Crippen LogP) is 2.11. The molecule has 1 aliphatic heterocycles. The zero-order valence-corrected chi connectivity index (χ0v) is 74.7. The molecule has 1 aromatic carbocycles. The SMILES string of the molecule is CSC[C@H](NC(=O)CCC(=O)[C@H](CC(C)C)NC(=O)[C@@H]1CCCN1C(=O)COCCC1C(=O)[C@@H](NC(=O)[C@@H](CCC(=O)O)CC(=O)[C@@H](CCC(=O)O)NC(=O)[C@@H](CCC(=O)O)CC(=O)[C@@H](CCC(=O)O)NC(=O)[C@@H](CCC(=O)O)CC(=O)[C@@H](CCC(=O)O)NC(=O)[C@@H](CCC(=O)O)CC(=O)[C@@H](CCC(=O)O)NC(=O)[C@H](N)CCC(=O)O)Cc2ccc(C(C)=O)cc21)C(C)(C)C. The molecular weight excluding hydrogens is 1740 g/mol. The Labute approximate surface area is 753 Å². The van der Waals surface area contributed by atoms with Gasteiger partial charge in [0.1, 0.15) is 12.6 Å². The lowest BCUT2D eigenvalue weighted by Gasteiger charge is -2.32. The Hall–Kier alpha value is -11.8. The largest absolute Gasteiger partial charge is 0.481 e. The van der Waals surface area contributed by atoms with Crippen LogP contribution in [0.2, 0.25) is 0 Å². The second-order valence-electron chi connectivity index (χ2n) is 34.1. The van der Waals surface area contributed by atoms with E-state index in [-0.39, 0.29) is 92.1 Å². The number of carboxylic acids is 9. The van der Waals surface area contributed by atoms with E-state index in [1.165, 1.54) is 30.0 Å². The molecule has 130 heavy (non-hydrogen) atoms. The van der Waals surface area contributed by atoms with E-state index in [2.05, 4.69) is 37.2 Å². The summed E-state index contributed by atoms with van der Waals surface area (Å²) in [5.41, 5.74) is 6.50. The maximum Gasteiger partial charge on any atom is 0.303 e. The third-order valence-corrected chi connectivity index (χ3v) is 22.9. The number of likely N-dealkylation sites (tertiary alicyclic amines) is 1. The number of ketones is 7. The molecule has 0 bridgehead atoms. The quantitative estimate of drug-likeness (QED) is 0.0328. The van der Waals surface area contributed by atoms with E-state index in [4.69, 9.17) is 15.6 Å². The molecule has 0 saturated carbocycles. The van der Waals surface area contributed by atoms with Gasteiger partial charge < -0.3 is 98.5 Å². The Morgan fingerprint density at radius 3 is 1.25 bits per heavy atom. The smallest absolute Gasteiger partial charge is 0.303 e. The lowest BCUT2D eigenvalue weighted by molar-refractivity contribution is -0.143. The van der Waals surface area contributed by atoms with Gasteiger partial charge in [0.15, 0.2) is 40.5 Å². The van der Waals surface area contributed by atoms with Crippen molar-refractivity contribution >= 4 is 153 Å². The number of amides is 8. The van der Waals surface area contributed by atoms with Crippen LogP contribution in [-0.4, -0.2) is 278 Å². The van der Waals surface area contributed by atoms with E-state index in [9.17, 15) is 156 Å². The number of aliphatic carboxylic acids is 9. The fourth-order valence-electron chi connectivity index (χ4n) is 14.8. The third-order valence-electron chi connectivity index (χ3n) is 22.2. The van der Waals surface area contributed by atoms with Crippen molar-refractivity contribution in [3.8, 4) is 0 Å². The molecule has 1 heterocycles. The van der Waals surface area contributed by atoms with E-state index in [0.29, 0.717) is 23.3 Å². The molecule has 43 nitrogen and oxygen atoms in total. The molecule has 722 valence electrons. The first kappa shape index (κ1) is 112. The van der Waals surface area contributed by atoms with Gasteiger partial charge in [-0.1, -0.05) is 46.8 Å². The number of nitrogens with one attached hydrogen (secondary N) is 7. The number of carbonyl (C=O) groups excluding carboxylic acids is 15. The Bertz CT molecular complexity index is 4300. The molecule has 1 fully saturated rings. The fraction of sp³-hybridized carbons (Fsp3) is 0.651. The number of benzene rings is 1. The molecule has 8 amide bonds. The number of fused-ring (bicyclic) bond motifs is 1. The molecule has 3 rings (SSSR count).